The lowest BCUT2D eigenvalue weighted by atomic mass is 9.97. The summed E-state index contributed by atoms with van der Waals surface area (Å²) in [4.78, 5) is 0. The fourth-order valence-corrected chi connectivity index (χ4v) is 3.14. The molecule has 0 saturated carbocycles. The Morgan fingerprint density at radius 1 is 0.714 bits per heavy atom. The summed E-state index contributed by atoms with van der Waals surface area (Å²) >= 11 is 0. The predicted octanol–water partition coefficient (Wildman–Crippen LogP) is -4.63. The Hall–Kier alpha value is -0.480. The fraction of sp³-hybridized carbons (Fsp3) is 1.00. The van der Waals surface area contributed by atoms with E-state index in [1.807, 2.05) is 0 Å². The van der Waals surface area contributed by atoms with Gasteiger partial charge in [-0.3, -0.25) is 0 Å². The first kappa shape index (κ1) is 23.8. The molecule has 2 rings (SSSR count). The van der Waals surface area contributed by atoms with Crippen molar-refractivity contribution in [3.63, 3.8) is 0 Å². The topological polar surface area (TPSA) is 205 Å². The second kappa shape index (κ2) is 11.1. The molecule has 10 atom stereocenters. The number of hydrogen-bond donors (Lipinski definition) is 8. The summed E-state index contributed by atoms with van der Waals surface area (Å²) in [7, 11) is 0. The molecule has 0 bridgehead atoms. The summed E-state index contributed by atoms with van der Waals surface area (Å²) in [5.41, 5.74) is 5.39. The first-order valence-corrected chi connectivity index (χ1v) is 9.25. The first-order chi connectivity index (χ1) is 13.3. The Morgan fingerprint density at radius 2 is 1.32 bits per heavy atom. The number of ether oxygens (including phenoxy) is 4. The van der Waals surface area contributed by atoms with Crippen molar-refractivity contribution in [2.24, 2.45) is 5.73 Å². The van der Waals surface area contributed by atoms with Crippen molar-refractivity contribution in [3.05, 3.63) is 0 Å². The fourth-order valence-electron chi connectivity index (χ4n) is 3.14. The Morgan fingerprint density at radius 3 is 1.93 bits per heavy atom. The van der Waals surface area contributed by atoms with Crippen LogP contribution in [0.25, 0.3) is 0 Å². The van der Waals surface area contributed by atoms with Crippen molar-refractivity contribution in [2.75, 3.05) is 26.4 Å². The van der Waals surface area contributed by atoms with Gasteiger partial charge in [-0.2, -0.15) is 0 Å². The lowest BCUT2D eigenvalue weighted by Crippen LogP contribution is -2.64. The molecular weight excluding hydrogens is 382 g/mol. The van der Waals surface area contributed by atoms with Gasteiger partial charge in [0.05, 0.1) is 13.2 Å². The van der Waals surface area contributed by atoms with E-state index in [1.54, 1.807) is 0 Å². The van der Waals surface area contributed by atoms with Crippen LogP contribution in [-0.2, 0) is 18.9 Å². The molecule has 0 aromatic rings. The molecule has 0 spiro atoms. The van der Waals surface area contributed by atoms with Crippen LogP contribution in [0.2, 0.25) is 0 Å². The van der Waals surface area contributed by atoms with Gasteiger partial charge >= 0.3 is 0 Å². The third-order valence-electron chi connectivity index (χ3n) is 4.84. The summed E-state index contributed by atoms with van der Waals surface area (Å²) in [5.74, 6) is 0. The van der Waals surface area contributed by atoms with E-state index < -0.39 is 74.6 Å². The maximum absolute atomic E-state index is 10.4. The minimum atomic E-state index is -1.70. The monoisotopic (exact) mass is 413 g/mol. The van der Waals surface area contributed by atoms with E-state index in [0.717, 1.165) is 0 Å². The zero-order valence-corrected chi connectivity index (χ0v) is 15.4. The molecule has 9 N–H and O–H groups in total. The van der Waals surface area contributed by atoms with Crippen molar-refractivity contribution in [1.29, 1.82) is 0 Å². The largest absolute Gasteiger partial charge is 0.394 e. The lowest BCUT2D eigenvalue weighted by Gasteiger charge is -2.45. The molecule has 0 radical (unpaired) electrons. The van der Waals surface area contributed by atoms with Gasteiger partial charge < -0.3 is 60.4 Å². The minimum absolute atomic E-state index is 0.224. The molecule has 0 aromatic heterocycles. The van der Waals surface area contributed by atoms with Gasteiger partial charge in [-0.05, 0) is 19.4 Å². The standard InChI is InChI=1S/C16H31NO11/c17-3-1-2-4-25-15-13(24)11(22)14(8(6-19)27-15)28-16-12(23)10(21)9(20)7(5-18)26-16/h7-16,18-24H,1-6,17H2/t7-,8-,9+,10+,11-,12-,13-,14-,15?,16?/m1/s1. The molecule has 0 aromatic carbocycles. The maximum atomic E-state index is 10.4. The molecular formula is C16H31NO11. The van der Waals surface area contributed by atoms with Crippen LogP contribution in [0.4, 0.5) is 0 Å². The van der Waals surface area contributed by atoms with Crippen molar-refractivity contribution in [2.45, 2.75) is 74.3 Å². The lowest BCUT2D eigenvalue weighted by molar-refractivity contribution is -0.359. The second-order valence-corrected chi connectivity index (χ2v) is 6.87. The average Bonchev–Trinajstić information content (AvgIpc) is 2.70. The van der Waals surface area contributed by atoms with Gasteiger partial charge in [0.15, 0.2) is 12.6 Å². The van der Waals surface area contributed by atoms with E-state index in [9.17, 15) is 35.7 Å². The van der Waals surface area contributed by atoms with Crippen molar-refractivity contribution in [1.82, 2.24) is 0 Å². The molecule has 2 aliphatic heterocycles. The Kier molecular flexibility index (Phi) is 9.40. The quantitative estimate of drug-likeness (QED) is 0.168. The third-order valence-corrected chi connectivity index (χ3v) is 4.84. The van der Waals surface area contributed by atoms with Gasteiger partial charge in [0.2, 0.25) is 0 Å². The highest BCUT2D eigenvalue weighted by Gasteiger charge is 2.50. The number of nitrogens with two attached hydrogens (primary N) is 1. The molecule has 2 unspecified atom stereocenters. The average molecular weight is 413 g/mol. The van der Waals surface area contributed by atoms with Gasteiger partial charge in [-0.1, -0.05) is 0 Å². The van der Waals surface area contributed by atoms with Crippen LogP contribution in [0, 0.1) is 0 Å². The van der Waals surface area contributed by atoms with Gasteiger partial charge in [-0.25, -0.2) is 0 Å². The van der Waals surface area contributed by atoms with Crippen LogP contribution in [0.15, 0.2) is 0 Å². The van der Waals surface area contributed by atoms with Crippen molar-refractivity contribution >= 4 is 0 Å². The Labute approximate surface area is 162 Å². The number of hydrogen-bond acceptors (Lipinski definition) is 12. The smallest absolute Gasteiger partial charge is 0.187 e. The van der Waals surface area contributed by atoms with Gasteiger partial charge in [0, 0.05) is 6.61 Å². The van der Waals surface area contributed by atoms with Crippen LogP contribution < -0.4 is 5.73 Å². The second-order valence-electron chi connectivity index (χ2n) is 6.87. The van der Waals surface area contributed by atoms with Crippen LogP contribution in [0.5, 0.6) is 0 Å². The minimum Gasteiger partial charge on any atom is -0.394 e. The van der Waals surface area contributed by atoms with Crippen LogP contribution in [-0.4, -0.2) is 124 Å². The van der Waals surface area contributed by atoms with E-state index in [0.29, 0.717) is 19.4 Å². The van der Waals surface area contributed by atoms with Gasteiger partial charge in [0.1, 0.15) is 48.8 Å². The molecule has 0 amide bonds. The van der Waals surface area contributed by atoms with Crippen LogP contribution >= 0.6 is 0 Å². The molecule has 2 saturated heterocycles. The van der Waals surface area contributed by atoms with E-state index in [2.05, 4.69) is 0 Å². The number of aliphatic hydroxyl groups is 7. The zero-order chi connectivity index (χ0) is 20.8. The van der Waals surface area contributed by atoms with E-state index >= 15 is 0 Å². The summed E-state index contributed by atoms with van der Waals surface area (Å²) < 4.78 is 21.5. The molecule has 12 nitrogen and oxygen atoms in total. The summed E-state index contributed by atoms with van der Waals surface area (Å²) in [5, 5.41) is 69.1. The molecule has 28 heavy (non-hydrogen) atoms. The molecule has 166 valence electrons. The summed E-state index contributed by atoms with van der Waals surface area (Å²) in [6, 6.07) is 0. The van der Waals surface area contributed by atoms with Crippen LogP contribution in [0.1, 0.15) is 12.8 Å². The third kappa shape index (κ3) is 5.36. The zero-order valence-electron chi connectivity index (χ0n) is 15.4. The van der Waals surface area contributed by atoms with Crippen molar-refractivity contribution in [3.8, 4) is 0 Å². The molecule has 0 aliphatic carbocycles. The molecule has 2 fully saturated rings. The number of aliphatic hydroxyl groups excluding tert-OH is 7. The highest BCUT2D eigenvalue weighted by atomic mass is 16.7. The van der Waals surface area contributed by atoms with E-state index in [-0.39, 0.29) is 6.61 Å². The van der Waals surface area contributed by atoms with Gasteiger partial charge in [0.25, 0.3) is 0 Å². The first-order valence-electron chi connectivity index (χ1n) is 9.25. The molecule has 2 heterocycles. The molecule has 12 heteroatoms. The van der Waals surface area contributed by atoms with Gasteiger partial charge in [-0.15, -0.1) is 0 Å². The Balaban J connectivity index is 2.02. The van der Waals surface area contributed by atoms with E-state index in [1.165, 1.54) is 0 Å². The number of unbranched alkanes of at least 4 members (excludes halogenated alkanes) is 1. The Bertz CT molecular complexity index is 454. The number of rotatable bonds is 9. The predicted molar refractivity (Wildman–Crippen MR) is 90.6 cm³/mol. The summed E-state index contributed by atoms with van der Waals surface area (Å²) in [6.07, 6.45) is -13.2. The van der Waals surface area contributed by atoms with Crippen LogP contribution in [0.3, 0.4) is 0 Å². The highest BCUT2D eigenvalue weighted by molar-refractivity contribution is 4.94. The van der Waals surface area contributed by atoms with Crippen molar-refractivity contribution < 1.29 is 54.7 Å². The maximum Gasteiger partial charge on any atom is 0.187 e. The van der Waals surface area contributed by atoms with E-state index in [4.69, 9.17) is 24.7 Å². The highest BCUT2D eigenvalue weighted by Crippen LogP contribution is 2.29. The normalized spacial score (nSPS) is 44.6. The SMILES string of the molecule is NCCCCOC1O[C@H](CO)[C@@H](OC2O[C@H](CO)[C@H](O)[C@H](O)[C@H]2O)[C@H](O)[C@H]1O. The summed E-state index contributed by atoms with van der Waals surface area (Å²) in [6.45, 7) is -0.551. The molecule has 2 aliphatic rings.